The first kappa shape index (κ1) is 8.51. The van der Waals surface area contributed by atoms with Crippen LogP contribution < -0.4 is 16.4 Å². The van der Waals surface area contributed by atoms with Crippen LogP contribution in [0, 0.1) is 0 Å². The molecule has 14 heavy (non-hydrogen) atoms. The molecule has 0 unspecified atom stereocenters. The van der Waals surface area contributed by atoms with Crippen molar-refractivity contribution in [2.24, 2.45) is 5.10 Å². The fourth-order valence-corrected chi connectivity index (χ4v) is 0.975. The second-order valence-electron chi connectivity index (χ2n) is 2.63. The van der Waals surface area contributed by atoms with E-state index in [0.717, 1.165) is 0 Å². The lowest BCUT2D eigenvalue weighted by Gasteiger charge is -2.11. The van der Waals surface area contributed by atoms with Crippen molar-refractivity contribution in [3.63, 3.8) is 0 Å². The minimum Gasteiger partial charge on any atom is -0.322 e. The molecule has 0 aromatic carbocycles. The predicted molar refractivity (Wildman–Crippen MR) is 48.7 cm³/mol. The van der Waals surface area contributed by atoms with Crippen molar-refractivity contribution in [2.45, 2.75) is 0 Å². The molecule has 0 fully saturated rings. The second kappa shape index (κ2) is 3.75. The molecule has 0 bridgehead atoms. The Labute approximate surface area is 79.3 Å². The monoisotopic (exact) mass is 195 g/mol. The molecule has 1 aromatic rings. The average molecular weight is 195 g/mol. The number of rotatable bonds is 3. The van der Waals surface area contributed by atoms with Crippen LogP contribution in [0.3, 0.4) is 0 Å². The highest BCUT2D eigenvalue weighted by Crippen LogP contribution is 2.00. The van der Waals surface area contributed by atoms with Crippen LogP contribution in [-0.2, 0) is 4.79 Å². The number of hydrazone groups is 1. The van der Waals surface area contributed by atoms with Crippen molar-refractivity contribution in [1.82, 2.24) is 26.3 Å². The summed E-state index contributed by atoms with van der Waals surface area (Å²) in [6.07, 6.45) is 4.61. The molecule has 0 saturated heterocycles. The first-order valence-electron chi connectivity index (χ1n) is 3.94. The molecule has 1 aliphatic rings. The summed E-state index contributed by atoms with van der Waals surface area (Å²) in [7, 11) is 0. The van der Waals surface area contributed by atoms with Crippen molar-refractivity contribution in [2.75, 3.05) is 11.9 Å². The summed E-state index contributed by atoms with van der Waals surface area (Å²) in [5.74, 6) is -0.158. The number of nitrogens with one attached hydrogen (secondary N) is 4. The van der Waals surface area contributed by atoms with Gasteiger partial charge >= 0.3 is 0 Å². The molecule has 8 nitrogen and oxygen atoms in total. The zero-order chi connectivity index (χ0) is 9.80. The van der Waals surface area contributed by atoms with E-state index >= 15 is 0 Å². The maximum atomic E-state index is 11.3. The smallest absolute Gasteiger partial charge is 0.245 e. The van der Waals surface area contributed by atoms with Crippen LogP contribution in [0.25, 0.3) is 0 Å². The van der Waals surface area contributed by atoms with Gasteiger partial charge in [-0.25, -0.2) is 5.53 Å². The standard InChI is InChI=1S/C6H9N7O/c14-6(3-13-4-9-11-12-13)10-5-1-7-8-2-5/h1-2,4,11-12H,3H2,(H,7,8)(H,10,14). The number of hydrogen-bond acceptors (Lipinski definition) is 6. The van der Waals surface area contributed by atoms with Crippen LogP contribution in [0.15, 0.2) is 17.5 Å². The number of H-pyrrole nitrogens is 1. The number of carbonyl (C=O) groups is 1. The quantitative estimate of drug-likeness (QED) is 0.476. The summed E-state index contributed by atoms with van der Waals surface area (Å²) in [5.41, 5.74) is 5.77. The molecule has 1 aromatic heterocycles. The maximum absolute atomic E-state index is 11.3. The van der Waals surface area contributed by atoms with E-state index in [9.17, 15) is 4.79 Å². The van der Waals surface area contributed by atoms with Gasteiger partial charge in [-0.05, 0) is 0 Å². The molecular formula is C6H9N7O. The van der Waals surface area contributed by atoms with Gasteiger partial charge in [0.2, 0.25) is 5.91 Å². The topological polar surface area (TPSA) is 97.4 Å². The third-order valence-corrected chi connectivity index (χ3v) is 1.55. The summed E-state index contributed by atoms with van der Waals surface area (Å²) >= 11 is 0. The van der Waals surface area contributed by atoms with Crippen molar-refractivity contribution < 1.29 is 4.79 Å². The molecule has 2 rings (SSSR count). The van der Waals surface area contributed by atoms with Gasteiger partial charge in [0.05, 0.1) is 11.9 Å². The Kier molecular flexibility index (Phi) is 2.28. The molecule has 0 spiro atoms. The minimum atomic E-state index is -0.158. The Bertz CT molecular complexity index is 332. The molecule has 2 heterocycles. The van der Waals surface area contributed by atoms with E-state index in [0.29, 0.717) is 5.69 Å². The van der Waals surface area contributed by atoms with Gasteiger partial charge < -0.3 is 5.32 Å². The van der Waals surface area contributed by atoms with E-state index in [1.807, 2.05) is 0 Å². The predicted octanol–water partition coefficient (Wildman–Crippen LogP) is -1.38. The van der Waals surface area contributed by atoms with Gasteiger partial charge in [0.15, 0.2) is 0 Å². The SMILES string of the molecule is O=C(CN1C=NNN1)Nc1cn[nH]c1. The van der Waals surface area contributed by atoms with Crippen molar-refractivity contribution in [3.8, 4) is 0 Å². The van der Waals surface area contributed by atoms with Crippen molar-refractivity contribution in [1.29, 1.82) is 0 Å². The normalized spacial score (nSPS) is 14.1. The third kappa shape index (κ3) is 1.98. The van der Waals surface area contributed by atoms with Gasteiger partial charge in [-0.2, -0.15) is 10.2 Å². The average Bonchev–Trinajstić information content (AvgIpc) is 2.76. The lowest BCUT2D eigenvalue weighted by atomic mass is 10.5. The summed E-state index contributed by atoms with van der Waals surface area (Å²) in [6.45, 7) is 0.168. The number of carbonyl (C=O) groups excluding carboxylic acids is 1. The maximum Gasteiger partial charge on any atom is 0.245 e. The minimum absolute atomic E-state index is 0.158. The molecule has 0 radical (unpaired) electrons. The largest absolute Gasteiger partial charge is 0.322 e. The fourth-order valence-electron chi connectivity index (χ4n) is 0.975. The van der Waals surface area contributed by atoms with Crippen LogP contribution in [0.4, 0.5) is 5.69 Å². The molecular weight excluding hydrogens is 186 g/mol. The Hall–Kier alpha value is -2.09. The van der Waals surface area contributed by atoms with E-state index in [4.69, 9.17) is 0 Å². The number of anilines is 1. The van der Waals surface area contributed by atoms with Crippen LogP contribution in [0.1, 0.15) is 0 Å². The van der Waals surface area contributed by atoms with Crippen LogP contribution in [0.5, 0.6) is 0 Å². The van der Waals surface area contributed by atoms with Gasteiger partial charge in [-0.1, -0.05) is 0 Å². The zero-order valence-electron chi connectivity index (χ0n) is 7.19. The molecule has 1 aliphatic heterocycles. The van der Waals surface area contributed by atoms with Crippen LogP contribution in [0.2, 0.25) is 0 Å². The number of aromatic nitrogens is 2. The first-order valence-corrected chi connectivity index (χ1v) is 3.94. The van der Waals surface area contributed by atoms with E-state index < -0.39 is 0 Å². The van der Waals surface area contributed by atoms with E-state index in [-0.39, 0.29) is 12.5 Å². The second-order valence-corrected chi connectivity index (χ2v) is 2.63. The number of amides is 1. The van der Waals surface area contributed by atoms with Gasteiger partial charge in [0.25, 0.3) is 0 Å². The van der Waals surface area contributed by atoms with Crippen molar-refractivity contribution in [3.05, 3.63) is 12.4 Å². The van der Waals surface area contributed by atoms with E-state index in [2.05, 4.69) is 31.7 Å². The fraction of sp³-hybridized carbons (Fsp3) is 0.167. The van der Waals surface area contributed by atoms with E-state index in [1.165, 1.54) is 17.5 Å². The Morgan fingerprint density at radius 1 is 1.64 bits per heavy atom. The van der Waals surface area contributed by atoms with Gasteiger partial charge in [0.1, 0.15) is 12.9 Å². The van der Waals surface area contributed by atoms with Crippen LogP contribution in [-0.4, -0.2) is 34.0 Å². The van der Waals surface area contributed by atoms with Gasteiger partial charge in [-0.3, -0.25) is 14.9 Å². The summed E-state index contributed by atoms with van der Waals surface area (Å²) < 4.78 is 0. The number of hydrazine groups is 2. The number of aromatic amines is 1. The number of nitrogens with zero attached hydrogens (tertiary/aromatic N) is 3. The van der Waals surface area contributed by atoms with Gasteiger partial charge in [-0.15, -0.1) is 5.53 Å². The van der Waals surface area contributed by atoms with Crippen LogP contribution >= 0.6 is 0 Å². The molecule has 1 amide bonds. The van der Waals surface area contributed by atoms with Gasteiger partial charge in [0, 0.05) is 6.20 Å². The highest BCUT2D eigenvalue weighted by molar-refractivity contribution is 5.92. The molecule has 0 aliphatic carbocycles. The first-order chi connectivity index (χ1) is 6.84. The zero-order valence-corrected chi connectivity index (χ0v) is 7.19. The molecule has 4 N–H and O–H groups in total. The third-order valence-electron chi connectivity index (χ3n) is 1.55. The highest BCUT2D eigenvalue weighted by atomic mass is 16.2. The molecule has 8 heteroatoms. The Morgan fingerprint density at radius 2 is 2.57 bits per heavy atom. The summed E-state index contributed by atoms with van der Waals surface area (Å²) in [6, 6.07) is 0. The van der Waals surface area contributed by atoms with E-state index in [1.54, 1.807) is 6.20 Å². The highest BCUT2D eigenvalue weighted by Gasteiger charge is 2.10. The lowest BCUT2D eigenvalue weighted by molar-refractivity contribution is -0.116. The summed E-state index contributed by atoms with van der Waals surface area (Å²) in [4.78, 5) is 11.3. The molecule has 0 atom stereocenters. The molecule has 74 valence electrons. The molecule has 0 saturated carbocycles. The van der Waals surface area contributed by atoms with Crippen molar-refractivity contribution >= 4 is 17.9 Å². The summed E-state index contributed by atoms with van der Waals surface area (Å²) in [5, 5.41) is 14.1. The Balaban J connectivity index is 1.81. The lowest BCUT2D eigenvalue weighted by Crippen LogP contribution is -2.42. The number of hydrogen-bond donors (Lipinski definition) is 4. The Morgan fingerprint density at radius 3 is 3.21 bits per heavy atom.